The van der Waals surface area contributed by atoms with Crippen LogP contribution in [0.5, 0.6) is 0 Å². The monoisotopic (exact) mass is 316 g/mol. The second kappa shape index (κ2) is 8.70. The predicted octanol–water partition coefficient (Wildman–Crippen LogP) is 0.479. The minimum Gasteiger partial charge on any atom is -0.481 e. The Morgan fingerprint density at radius 3 is 2.32 bits per heavy atom. The zero-order valence-corrected chi connectivity index (χ0v) is 12.6. The molecule has 1 aliphatic rings. The van der Waals surface area contributed by atoms with Crippen LogP contribution in [-0.2, 0) is 24.2 Å². The number of nitrogens with two attached hydrogens (primary N) is 2. The zero-order valence-electron chi connectivity index (χ0n) is 12.6. The molecule has 126 valence electrons. The molecule has 1 fully saturated rings. The average molecular weight is 316 g/mol. The second-order valence-corrected chi connectivity index (χ2v) is 5.84. The molecule has 1 rings (SSSR count). The van der Waals surface area contributed by atoms with Crippen LogP contribution in [-0.4, -0.2) is 35.6 Å². The molecule has 1 saturated carbocycles. The Balaban J connectivity index is 2.35. The van der Waals surface area contributed by atoms with Crippen molar-refractivity contribution in [3.63, 3.8) is 0 Å². The minimum atomic E-state index is -1.14. The molecular weight excluding hydrogens is 292 g/mol. The topological polar surface area (TPSA) is 142 Å². The van der Waals surface area contributed by atoms with Crippen molar-refractivity contribution in [3.05, 3.63) is 0 Å². The Morgan fingerprint density at radius 1 is 1.14 bits per heavy atom. The summed E-state index contributed by atoms with van der Waals surface area (Å²) in [6.45, 7) is 0.383. The lowest BCUT2D eigenvalue weighted by Crippen LogP contribution is -2.37. The second-order valence-electron chi connectivity index (χ2n) is 5.84. The SMILES string of the molecule is NCC1(CC(=O)OOC(=O)[C@H](N)CCC(=O)O)CCCCC1. The number of carbonyl (C=O) groups excluding carboxylic acids is 2. The fourth-order valence-corrected chi connectivity index (χ4v) is 2.64. The Hall–Kier alpha value is -1.67. The summed E-state index contributed by atoms with van der Waals surface area (Å²) in [5, 5.41) is 8.50. The van der Waals surface area contributed by atoms with Crippen molar-refractivity contribution >= 4 is 17.9 Å². The molecule has 0 aromatic heterocycles. The molecule has 0 bridgehead atoms. The molecule has 0 aliphatic heterocycles. The molecule has 1 atom stereocenters. The number of hydrogen-bond donors (Lipinski definition) is 3. The van der Waals surface area contributed by atoms with Crippen molar-refractivity contribution in [1.29, 1.82) is 0 Å². The van der Waals surface area contributed by atoms with Gasteiger partial charge in [-0.15, -0.1) is 0 Å². The minimum absolute atomic E-state index is 0.0849. The lowest BCUT2D eigenvalue weighted by molar-refractivity contribution is -0.261. The molecule has 0 unspecified atom stereocenters. The third-order valence-electron chi connectivity index (χ3n) is 4.06. The Morgan fingerprint density at radius 2 is 1.77 bits per heavy atom. The van der Waals surface area contributed by atoms with Crippen molar-refractivity contribution in [3.8, 4) is 0 Å². The standard InChI is InChI=1S/C14H24N2O6/c15-9-14(6-2-1-3-7-14)8-12(19)21-22-13(20)10(16)4-5-11(17)18/h10H,1-9,15-16H2,(H,17,18)/t10-/m1/s1. The van der Waals surface area contributed by atoms with Crippen molar-refractivity contribution in [2.24, 2.45) is 16.9 Å². The highest BCUT2D eigenvalue weighted by Crippen LogP contribution is 2.38. The fourth-order valence-electron chi connectivity index (χ4n) is 2.64. The summed E-state index contributed by atoms with van der Waals surface area (Å²) < 4.78 is 0. The smallest absolute Gasteiger partial charge is 0.372 e. The summed E-state index contributed by atoms with van der Waals surface area (Å²) in [5.74, 6) is -2.69. The number of carboxylic acid groups (broad SMARTS) is 1. The van der Waals surface area contributed by atoms with Gasteiger partial charge in [0.25, 0.3) is 0 Å². The third kappa shape index (κ3) is 5.98. The van der Waals surface area contributed by atoms with Crippen LogP contribution in [0.4, 0.5) is 0 Å². The predicted molar refractivity (Wildman–Crippen MR) is 76.2 cm³/mol. The molecule has 5 N–H and O–H groups in total. The van der Waals surface area contributed by atoms with Gasteiger partial charge >= 0.3 is 17.9 Å². The van der Waals surface area contributed by atoms with Crippen LogP contribution in [0.2, 0.25) is 0 Å². The normalized spacial score (nSPS) is 18.3. The van der Waals surface area contributed by atoms with Crippen LogP contribution in [0.25, 0.3) is 0 Å². The van der Waals surface area contributed by atoms with Crippen molar-refractivity contribution in [1.82, 2.24) is 0 Å². The van der Waals surface area contributed by atoms with Gasteiger partial charge in [-0.1, -0.05) is 19.3 Å². The van der Waals surface area contributed by atoms with Crippen LogP contribution in [0.1, 0.15) is 51.4 Å². The molecule has 0 saturated heterocycles. The van der Waals surface area contributed by atoms with Gasteiger partial charge in [0.1, 0.15) is 6.04 Å². The van der Waals surface area contributed by atoms with E-state index in [4.69, 9.17) is 16.6 Å². The Bertz CT molecular complexity index is 406. The molecule has 0 radical (unpaired) electrons. The number of hydrogen-bond acceptors (Lipinski definition) is 7. The van der Waals surface area contributed by atoms with E-state index in [1.54, 1.807) is 0 Å². The lowest BCUT2D eigenvalue weighted by atomic mass is 9.72. The van der Waals surface area contributed by atoms with E-state index >= 15 is 0 Å². The molecule has 0 aromatic rings. The van der Waals surface area contributed by atoms with Gasteiger partial charge in [0, 0.05) is 6.42 Å². The first-order valence-corrected chi connectivity index (χ1v) is 7.47. The summed E-state index contributed by atoms with van der Waals surface area (Å²) in [6.07, 6.45) is 4.62. The first-order valence-electron chi connectivity index (χ1n) is 7.47. The van der Waals surface area contributed by atoms with Gasteiger partial charge in [-0.25, -0.2) is 19.4 Å². The molecule has 8 heteroatoms. The summed E-state index contributed by atoms with van der Waals surface area (Å²) in [6, 6.07) is -1.14. The Kier molecular flexibility index (Phi) is 7.26. The van der Waals surface area contributed by atoms with Crippen molar-refractivity contribution < 1.29 is 29.3 Å². The molecule has 0 amide bonds. The summed E-state index contributed by atoms with van der Waals surface area (Å²) in [7, 11) is 0. The Labute approximate surface area is 129 Å². The first kappa shape index (κ1) is 18.4. The average Bonchev–Trinajstić information content (AvgIpc) is 2.51. The highest BCUT2D eigenvalue weighted by molar-refractivity contribution is 5.77. The van der Waals surface area contributed by atoms with Gasteiger partial charge in [0.05, 0.1) is 6.42 Å². The van der Waals surface area contributed by atoms with Crippen molar-refractivity contribution in [2.75, 3.05) is 6.54 Å². The van der Waals surface area contributed by atoms with E-state index in [0.717, 1.165) is 32.1 Å². The molecule has 8 nitrogen and oxygen atoms in total. The molecule has 0 heterocycles. The summed E-state index contributed by atoms with van der Waals surface area (Å²) in [4.78, 5) is 42.5. The maximum Gasteiger partial charge on any atom is 0.372 e. The quantitative estimate of drug-likeness (QED) is 0.454. The summed E-state index contributed by atoms with van der Waals surface area (Å²) in [5.41, 5.74) is 10.9. The number of carboxylic acids is 1. The van der Waals surface area contributed by atoms with Gasteiger partial charge in [0.2, 0.25) is 0 Å². The van der Waals surface area contributed by atoms with Gasteiger partial charge in [-0.2, -0.15) is 0 Å². The van der Waals surface area contributed by atoms with Gasteiger partial charge in [0.15, 0.2) is 0 Å². The first-order chi connectivity index (χ1) is 10.4. The van der Waals surface area contributed by atoms with E-state index in [0.29, 0.717) is 6.54 Å². The van der Waals surface area contributed by atoms with Crippen LogP contribution < -0.4 is 11.5 Å². The maximum atomic E-state index is 11.8. The number of carbonyl (C=O) groups is 3. The molecule has 1 aliphatic carbocycles. The third-order valence-corrected chi connectivity index (χ3v) is 4.06. The van der Waals surface area contributed by atoms with Crippen LogP contribution in [0.3, 0.4) is 0 Å². The van der Waals surface area contributed by atoms with Crippen molar-refractivity contribution in [2.45, 2.75) is 57.4 Å². The molecular formula is C14H24N2O6. The van der Waals surface area contributed by atoms with E-state index in [1.807, 2.05) is 0 Å². The maximum absolute atomic E-state index is 11.8. The highest BCUT2D eigenvalue weighted by atomic mass is 17.2. The fraction of sp³-hybridized carbons (Fsp3) is 0.786. The number of aliphatic carboxylic acids is 1. The lowest BCUT2D eigenvalue weighted by Gasteiger charge is -2.34. The van der Waals surface area contributed by atoms with E-state index in [9.17, 15) is 14.4 Å². The molecule has 0 aromatic carbocycles. The number of rotatable bonds is 7. The van der Waals surface area contributed by atoms with E-state index < -0.39 is 23.9 Å². The van der Waals surface area contributed by atoms with Crippen LogP contribution in [0, 0.1) is 5.41 Å². The van der Waals surface area contributed by atoms with E-state index in [2.05, 4.69) is 9.78 Å². The van der Waals surface area contributed by atoms with Crippen LogP contribution in [0.15, 0.2) is 0 Å². The highest BCUT2D eigenvalue weighted by Gasteiger charge is 2.34. The van der Waals surface area contributed by atoms with Crippen LogP contribution >= 0.6 is 0 Å². The summed E-state index contributed by atoms with van der Waals surface area (Å²) >= 11 is 0. The zero-order chi connectivity index (χ0) is 16.6. The van der Waals surface area contributed by atoms with Gasteiger partial charge < -0.3 is 16.6 Å². The van der Waals surface area contributed by atoms with Gasteiger partial charge in [-0.3, -0.25) is 4.79 Å². The molecule has 0 spiro atoms. The molecule has 22 heavy (non-hydrogen) atoms. The largest absolute Gasteiger partial charge is 0.481 e. The van der Waals surface area contributed by atoms with E-state index in [-0.39, 0.29) is 24.7 Å². The van der Waals surface area contributed by atoms with E-state index in [1.165, 1.54) is 0 Å². The van der Waals surface area contributed by atoms with Gasteiger partial charge in [-0.05, 0) is 31.2 Å².